The fourth-order valence-corrected chi connectivity index (χ4v) is 3.71. The van der Waals surface area contributed by atoms with Crippen LogP contribution in [0.5, 0.6) is 0 Å². The summed E-state index contributed by atoms with van der Waals surface area (Å²) in [5, 5.41) is 5.52. The number of rotatable bonds is 3. The SMILES string of the molecule is CNC(c1ccc(C(C)(C)C)cc1)c1cc(Br)cs1. The third-order valence-electron chi connectivity index (χ3n) is 3.27. The van der Waals surface area contributed by atoms with E-state index < -0.39 is 0 Å². The van der Waals surface area contributed by atoms with E-state index in [1.54, 1.807) is 11.3 Å². The molecule has 1 aromatic carbocycles. The molecule has 1 nitrogen and oxygen atoms in total. The van der Waals surface area contributed by atoms with Gasteiger partial charge in [0.2, 0.25) is 0 Å². The maximum atomic E-state index is 3.52. The van der Waals surface area contributed by atoms with Crippen molar-refractivity contribution in [3.8, 4) is 0 Å². The number of nitrogens with one attached hydrogen (secondary N) is 1. The van der Waals surface area contributed by atoms with Crippen LogP contribution in [-0.2, 0) is 5.41 Å². The summed E-state index contributed by atoms with van der Waals surface area (Å²) in [6, 6.07) is 11.4. The molecule has 1 atom stereocenters. The summed E-state index contributed by atoms with van der Waals surface area (Å²) >= 11 is 5.30. The van der Waals surface area contributed by atoms with Crippen molar-refractivity contribution in [2.24, 2.45) is 0 Å². The molecule has 1 unspecified atom stereocenters. The van der Waals surface area contributed by atoms with Crippen LogP contribution in [0.4, 0.5) is 0 Å². The summed E-state index contributed by atoms with van der Waals surface area (Å²) in [5.74, 6) is 0. The van der Waals surface area contributed by atoms with Gasteiger partial charge in [0.25, 0.3) is 0 Å². The molecule has 3 heteroatoms. The highest BCUT2D eigenvalue weighted by atomic mass is 79.9. The number of halogens is 1. The van der Waals surface area contributed by atoms with Crippen molar-refractivity contribution < 1.29 is 0 Å². The minimum atomic E-state index is 0.208. The lowest BCUT2D eigenvalue weighted by atomic mass is 9.86. The van der Waals surface area contributed by atoms with Gasteiger partial charge in [0.15, 0.2) is 0 Å². The third-order valence-corrected chi connectivity index (χ3v) is 5.03. The molecule has 0 saturated carbocycles. The summed E-state index contributed by atoms with van der Waals surface area (Å²) in [7, 11) is 2.01. The Labute approximate surface area is 128 Å². The third kappa shape index (κ3) is 3.47. The lowest BCUT2D eigenvalue weighted by Gasteiger charge is -2.21. The van der Waals surface area contributed by atoms with Crippen molar-refractivity contribution in [1.29, 1.82) is 0 Å². The summed E-state index contributed by atoms with van der Waals surface area (Å²) in [6.45, 7) is 6.73. The topological polar surface area (TPSA) is 12.0 Å². The van der Waals surface area contributed by atoms with Gasteiger partial charge >= 0.3 is 0 Å². The Balaban J connectivity index is 2.30. The number of thiophene rings is 1. The van der Waals surface area contributed by atoms with Crippen molar-refractivity contribution >= 4 is 27.3 Å². The fraction of sp³-hybridized carbons (Fsp3) is 0.375. The molecule has 0 fully saturated rings. The van der Waals surface area contributed by atoms with E-state index in [2.05, 4.69) is 77.7 Å². The van der Waals surface area contributed by atoms with Gasteiger partial charge in [0, 0.05) is 14.7 Å². The van der Waals surface area contributed by atoms with Crippen molar-refractivity contribution in [3.63, 3.8) is 0 Å². The molecule has 0 bridgehead atoms. The molecule has 1 N–H and O–H groups in total. The number of hydrogen-bond acceptors (Lipinski definition) is 2. The first-order valence-electron chi connectivity index (χ1n) is 6.43. The standard InChI is InChI=1S/C16H20BrNS/c1-16(2,3)12-7-5-11(6-8-12)15(18-4)14-9-13(17)10-19-14/h5-10,15,18H,1-4H3. The second-order valence-electron chi connectivity index (χ2n) is 5.76. The molecule has 0 saturated heterocycles. The Morgan fingerprint density at radius 2 is 1.79 bits per heavy atom. The van der Waals surface area contributed by atoms with E-state index in [1.165, 1.54) is 16.0 Å². The normalized spacial score (nSPS) is 13.5. The zero-order valence-corrected chi connectivity index (χ0v) is 14.2. The molecule has 102 valence electrons. The first kappa shape index (κ1) is 14.8. The van der Waals surface area contributed by atoms with Gasteiger partial charge in [-0.3, -0.25) is 0 Å². The number of hydrogen-bond donors (Lipinski definition) is 1. The Morgan fingerprint density at radius 1 is 1.16 bits per heavy atom. The molecule has 0 spiro atoms. The average Bonchev–Trinajstić information content (AvgIpc) is 2.76. The Kier molecular flexibility index (Phi) is 4.49. The molecule has 0 aliphatic rings. The van der Waals surface area contributed by atoms with E-state index in [0.717, 1.165) is 4.47 Å². The molecule has 0 aliphatic carbocycles. The van der Waals surface area contributed by atoms with Gasteiger partial charge in [-0.1, -0.05) is 45.0 Å². The van der Waals surface area contributed by atoms with Crippen LogP contribution in [0.2, 0.25) is 0 Å². The Bertz CT molecular complexity index is 537. The maximum absolute atomic E-state index is 3.52. The minimum Gasteiger partial charge on any atom is -0.309 e. The molecule has 0 radical (unpaired) electrons. The summed E-state index contributed by atoms with van der Waals surface area (Å²) in [5.41, 5.74) is 2.89. The molecular formula is C16H20BrNS. The van der Waals surface area contributed by atoms with E-state index in [4.69, 9.17) is 0 Å². The summed E-state index contributed by atoms with van der Waals surface area (Å²) in [4.78, 5) is 1.33. The molecule has 2 aromatic rings. The summed E-state index contributed by atoms with van der Waals surface area (Å²) in [6.07, 6.45) is 0. The molecule has 19 heavy (non-hydrogen) atoms. The van der Waals surface area contributed by atoms with E-state index >= 15 is 0 Å². The molecule has 2 rings (SSSR count). The van der Waals surface area contributed by atoms with Crippen LogP contribution in [0.15, 0.2) is 40.2 Å². The van der Waals surface area contributed by atoms with Crippen LogP contribution < -0.4 is 5.32 Å². The van der Waals surface area contributed by atoms with Crippen LogP contribution in [0.1, 0.15) is 42.8 Å². The highest BCUT2D eigenvalue weighted by Gasteiger charge is 2.17. The van der Waals surface area contributed by atoms with Gasteiger partial charge in [-0.15, -0.1) is 11.3 Å². The predicted molar refractivity (Wildman–Crippen MR) is 88.1 cm³/mol. The van der Waals surface area contributed by atoms with Gasteiger partial charge in [-0.2, -0.15) is 0 Å². The van der Waals surface area contributed by atoms with E-state index in [-0.39, 0.29) is 11.5 Å². The van der Waals surface area contributed by atoms with E-state index in [0.29, 0.717) is 0 Å². The second-order valence-corrected chi connectivity index (χ2v) is 7.62. The van der Waals surface area contributed by atoms with E-state index in [1.807, 2.05) is 7.05 Å². The lowest BCUT2D eigenvalue weighted by Crippen LogP contribution is -2.17. The predicted octanol–water partition coefficient (Wildman–Crippen LogP) is 5.12. The van der Waals surface area contributed by atoms with Crippen molar-refractivity contribution in [1.82, 2.24) is 5.32 Å². The van der Waals surface area contributed by atoms with Crippen LogP contribution in [-0.4, -0.2) is 7.05 Å². The number of benzene rings is 1. The zero-order chi connectivity index (χ0) is 14.0. The zero-order valence-electron chi connectivity index (χ0n) is 11.8. The van der Waals surface area contributed by atoms with Gasteiger partial charge in [-0.25, -0.2) is 0 Å². The van der Waals surface area contributed by atoms with Crippen LogP contribution in [0.3, 0.4) is 0 Å². The highest BCUT2D eigenvalue weighted by molar-refractivity contribution is 9.10. The Hall–Kier alpha value is -0.640. The minimum absolute atomic E-state index is 0.208. The molecule has 1 aromatic heterocycles. The average molecular weight is 338 g/mol. The van der Waals surface area contributed by atoms with Gasteiger partial charge < -0.3 is 5.32 Å². The smallest absolute Gasteiger partial charge is 0.0669 e. The van der Waals surface area contributed by atoms with Gasteiger partial charge in [0.05, 0.1) is 6.04 Å². The first-order chi connectivity index (χ1) is 8.91. The largest absolute Gasteiger partial charge is 0.309 e. The van der Waals surface area contributed by atoms with Crippen molar-refractivity contribution in [2.45, 2.75) is 32.2 Å². The van der Waals surface area contributed by atoms with Crippen molar-refractivity contribution in [2.75, 3.05) is 7.05 Å². The van der Waals surface area contributed by atoms with Crippen molar-refractivity contribution in [3.05, 3.63) is 56.2 Å². The molecular weight excluding hydrogens is 318 g/mol. The fourth-order valence-electron chi connectivity index (χ4n) is 2.13. The summed E-state index contributed by atoms with van der Waals surface area (Å²) < 4.78 is 1.15. The van der Waals surface area contributed by atoms with Crippen LogP contribution in [0, 0.1) is 0 Å². The first-order valence-corrected chi connectivity index (χ1v) is 8.10. The second kappa shape index (κ2) is 5.78. The maximum Gasteiger partial charge on any atom is 0.0669 e. The van der Waals surface area contributed by atoms with Gasteiger partial charge in [0.1, 0.15) is 0 Å². The molecule has 0 aliphatic heterocycles. The Morgan fingerprint density at radius 3 is 2.21 bits per heavy atom. The van der Waals surface area contributed by atoms with Crippen LogP contribution >= 0.6 is 27.3 Å². The molecule has 1 heterocycles. The highest BCUT2D eigenvalue weighted by Crippen LogP contribution is 2.31. The quantitative estimate of drug-likeness (QED) is 0.819. The van der Waals surface area contributed by atoms with Crippen LogP contribution in [0.25, 0.3) is 0 Å². The molecule has 0 amide bonds. The van der Waals surface area contributed by atoms with E-state index in [9.17, 15) is 0 Å². The lowest BCUT2D eigenvalue weighted by molar-refractivity contribution is 0.589. The van der Waals surface area contributed by atoms with Gasteiger partial charge in [-0.05, 0) is 45.6 Å². The monoisotopic (exact) mass is 337 g/mol.